The number of hydrogen-bond acceptors (Lipinski definition) is 2. The predicted octanol–water partition coefficient (Wildman–Crippen LogP) is 2.48. The lowest BCUT2D eigenvalue weighted by Gasteiger charge is -2.20. The summed E-state index contributed by atoms with van der Waals surface area (Å²) in [4.78, 5) is 11.6. The molecule has 0 bridgehead atoms. The van der Waals surface area contributed by atoms with Gasteiger partial charge in [0.15, 0.2) is 0 Å². The number of rotatable bonds is 4. The first-order chi connectivity index (χ1) is 8.02. The molecule has 5 heteroatoms. The van der Waals surface area contributed by atoms with Crippen LogP contribution in [0.5, 0.6) is 0 Å². The minimum atomic E-state index is -0.347. The summed E-state index contributed by atoms with van der Waals surface area (Å²) < 4.78 is 0. The average Bonchev–Trinajstić information content (AvgIpc) is 2.25. The SMILES string of the molecule is CC(C)[C@@H](CO)NC(=O)Nc1cccc(Cl)c1. The lowest BCUT2D eigenvalue weighted by atomic mass is 10.1. The lowest BCUT2D eigenvalue weighted by molar-refractivity contribution is 0.204. The van der Waals surface area contributed by atoms with Crippen molar-refractivity contribution in [3.63, 3.8) is 0 Å². The molecule has 4 nitrogen and oxygen atoms in total. The molecule has 1 aromatic carbocycles. The van der Waals surface area contributed by atoms with Gasteiger partial charge in [0.1, 0.15) is 0 Å². The van der Waals surface area contributed by atoms with Crippen molar-refractivity contribution in [3.8, 4) is 0 Å². The predicted molar refractivity (Wildman–Crippen MR) is 69.3 cm³/mol. The third kappa shape index (κ3) is 4.63. The van der Waals surface area contributed by atoms with E-state index in [9.17, 15) is 4.79 Å². The summed E-state index contributed by atoms with van der Waals surface area (Å²) in [5, 5.41) is 15.0. The van der Waals surface area contributed by atoms with E-state index in [0.29, 0.717) is 10.7 Å². The van der Waals surface area contributed by atoms with Gasteiger partial charge in [-0.05, 0) is 24.1 Å². The van der Waals surface area contributed by atoms with Crippen molar-refractivity contribution in [2.24, 2.45) is 5.92 Å². The van der Waals surface area contributed by atoms with Crippen LogP contribution < -0.4 is 10.6 Å². The minimum Gasteiger partial charge on any atom is -0.394 e. The Hall–Kier alpha value is -1.26. The van der Waals surface area contributed by atoms with Crippen LogP contribution in [0.2, 0.25) is 5.02 Å². The molecule has 0 saturated carbocycles. The van der Waals surface area contributed by atoms with Crippen molar-refractivity contribution in [2.45, 2.75) is 19.9 Å². The maximum atomic E-state index is 11.6. The molecule has 0 unspecified atom stereocenters. The summed E-state index contributed by atoms with van der Waals surface area (Å²) in [5.41, 5.74) is 0.621. The molecule has 0 saturated heterocycles. The first kappa shape index (κ1) is 13.8. The van der Waals surface area contributed by atoms with Crippen molar-refractivity contribution >= 4 is 23.3 Å². The van der Waals surface area contributed by atoms with Crippen molar-refractivity contribution in [1.82, 2.24) is 5.32 Å². The highest BCUT2D eigenvalue weighted by Gasteiger charge is 2.14. The molecule has 0 fully saturated rings. The fourth-order valence-electron chi connectivity index (χ4n) is 1.32. The van der Waals surface area contributed by atoms with E-state index in [1.807, 2.05) is 13.8 Å². The lowest BCUT2D eigenvalue weighted by Crippen LogP contribution is -2.43. The van der Waals surface area contributed by atoms with Crippen molar-refractivity contribution < 1.29 is 9.90 Å². The van der Waals surface area contributed by atoms with Crippen LogP contribution in [0.25, 0.3) is 0 Å². The van der Waals surface area contributed by atoms with Crippen LogP contribution in [-0.2, 0) is 0 Å². The maximum Gasteiger partial charge on any atom is 0.319 e. The topological polar surface area (TPSA) is 61.4 Å². The molecule has 0 heterocycles. The number of nitrogens with one attached hydrogen (secondary N) is 2. The fourth-order valence-corrected chi connectivity index (χ4v) is 1.52. The molecular formula is C12H17ClN2O2. The minimum absolute atomic E-state index is 0.0827. The maximum absolute atomic E-state index is 11.6. The molecule has 17 heavy (non-hydrogen) atoms. The highest BCUT2D eigenvalue weighted by molar-refractivity contribution is 6.30. The van der Waals surface area contributed by atoms with Gasteiger partial charge in [-0.2, -0.15) is 0 Å². The van der Waals surface area contributed by atoms with E-state index in [2.05, 4.69) is 10.6 Å². The van der Waals surface area contributed by atoms with Crippen LogP contribution in [0.4, 0.5) is 10.5 Å². The van der Waals surface area contributed by atoms with Gasteiger partial charge in [0.2, 0.25) is 0 Å². The van der Waals surface area contributed by atoms with Gasteiger partial charge < -0.3 is 15.7 Å². The van der Waals surface area contributed by atoms with Gasteiger partial charge in [-0.15, -0.1) is 0 Å². The fraction of sp³-hybridized carbons (Fsp3) is 0.417. The van der Waals surface area contributed by atoms with Crippen molar-refractivity contribution in [1.29, 1.82) is 0 Å². The first-order valence-corrected chi connectivity index (χ1v) is 5.84. The molecule has 0 aliphatic rings. The molecule has 2 amide bonds. The second-order valence-electron chi connectivity index (χ2n) is 4.14. The summed E-state index contributed by atoms with van der Waals surface area (Å²) in [5.74, 6) is 0.171. The second-order valence-corrected chi connectivity index (χ2v) is 4.58. The van der Waals surface area contributed by atoms with Gasteiger partial charge in [0.25, 0.3) is 0 Å². The van der Waals surface area contributed by atoms with E-state index in [0.717, 1.165) is 0 Å². The van der Waals surface area contributed by atoms with Crippen LogP contribution in [-0.4, -0.2) is 23.8 Å². The number of aliphatic hydroxyl groups is 1. The van der Waals surface area contributed by atoms with E-state index in [-0.39, 0.29) is 24.6 Å². The van der Waals surface area contributed by atoms with Crippen LogP contribution in [0.15, 0.2) is 24.3 Å². The van der Waals surface area contributed by atoms with Crippen LogP contribution in [0.1, 0.15) is 13.8 Å². The summed E-state index contributed by atoms with van der Waals surface area (Å²) in [6.45, 7) is 3.78. The van der Waals surface area contributed by atoms with Gasteiger partial charge in [-0.1, -0.05) is 31.5 Å². The van der Waals surface area contributed by atoms with Crippen LogP contribution >= 0.6 is 11.6 Å². The zero-order valence-electron chi connectivity index (χ0n) is 9.90. The molecule has 94 valence electrons. The van der Waals surface area contributed by atoms with E-state index in [1.54, 1.807) is 24.3 Å². The Morgan fingerprint density at radius 2 is 2.18 bits per heavy atom. The van der Waals surface area contributed by atoms with Gasteiger partial charge in [0, 0.05) is 10.7 Å². The van der Waals surface area contributed by atoms with Gasteiger partial charge >= 0.3 is 6.03 Å². The number of hydrogen-bond donors (Lipinski definition) is 3. The van der Waals surface area contributed by atoms with E-state index >= 15 is 0 Å². The van der Waals surface area contributed by atoms with Crippen LogP contribution in [0, 0.1) is 5.92 Å². The number of carbonyl (C=O) groups is 1. The Morgan fingerprint density at radius 3 is 2.71 bits per heavy atom. The number of amides is 2. The second kappa shape index (κ2) is 6.47. The Kier molecular flexibility index (Phi) is 5.25. The number of benzene rings is 1. The van der Waals surface area contributed by atoms with E-state index in [1.165, 1.54) is 0 Å². The molecular weight excluding hydrogens is 240 g/mol. The van der Waals surface area contributed by atoms with E-state index < -0.39 is 0 Å². The first-order valence-electron chi connectivity index (χ1n) is 5.47. The number of anilines is 1. The van der Waals surface area contributed by atoms with Crippen LogP contribution in [0.3, 0.4) is 0 Å². The highest BCUT2D eigenvalue weighted by Crippen LogP contribution is 2.14. The Labute approximate surface area is 106 Å². The zero-order valence-corrected chi connectivity index (χ0v) is 10.7. The molecule has 0 aliphatic heterocycles. The zero-order chi connectivity index (χ0) is 12.8. The molecule has 0 spiro atoms. The van der Waals surface area contributed by atoms with Gasteiger partial charge in [-0.3, -0.25) is 0 Å². The Bertz CT molecular complexity index is 383. The monoisotopic (exact) mass is 256 g/mol. The molecule has 3 N–H and O–H groups in total. The molecule has 0 aromatic heterocycles. The molecule has 1 rings (SSSR count). The largest absolute Gasteiger partial charge is 0.394 e. The number of carbonyl (C=O) groups excluding carboxylic acids is 1. The summed E-state index contributed by atoms with van der Waals surface area (Å²) in [6.07, 6.45) is 0. The smallest absolute Gasteiger partial charge is 0.319 e. The highest BCUT2D eigenvalue weighted by atomic mass is 35.5. The molecule has 1 aromatic rings. The van der Waals surface area contributed by atoms with Gasteiger partial charge in [-0.25, -0.2) is 4.79 Å². The number of halogens is 1. The molecule has 0 aliphatic carbocycles. The number of urea groups is 1. The summed E-state index contributed by atoms with van der Waals surface area (Å²) >= 11 is 5.80. The Morgan fingerprint density at radius 1 is 1.47 bits per heavy atom. The Balaban J connectivity index is 2.55. The number of aliphatic hydroxyl groups excluding tert-OH is 1. The molecule has 0 radical (unpaired) electrons. The third-order valence-corrected chi connectivity index (χ3v) is 2.64. The van der Waals surface area contributed by atoms with Crippen molar-refractivity contribution in [2.75, 3.05) is 11.9 Å². The average molecular weight is 257 g/mol. The van der Waals surface area contributed by atoms with Crippen molar-refractivity contribution in [3.05, 3.63) is 29.3 Å². The van der Waals surface area contributed by atoms with E-state index in [4.69, 9.17) is 16.7 Å². The summed E-state index contributed by atoms with van der Waals surface area (Å²) in [7, 11) is 0. The third-order valence-electron chi connectivity index (χ3n) is 2.40. The molecule has 1 atom stereocenters. The van der Waals surface area contributed by atoms with Gasteiger partial charge in [0.05, 0.1) is 12.6 Å². The standard InChI is InChI=1S/C12H17ClN2O2/c1-8(2)11(7-16)15-12(17)14-10-5-3-4-9(13)6-10/h3-6,8,11,16H,7H2,1-2H3,(H2,14,15,17)/t11-/m1/s1. The quantitative estimate of drug-likeness (QED) is 0.775. The normalized spacial score (nSPS) is 12.3. The summed E-state index contributed by atoms with van der Waals surface area (Å²) in [6, 6.07) is 6.28.